The molecule has 0 aromatic heterocycles. The van der Waals surface area contributed by atoms with E-state index in [1.807, 2.05) is 25.8 Å². The van der Waals surface area contributed by atoms with Gasteiger partial charge >= 0.3 is 6.03 Å². The van der Waals surface area contributed by atoms with E-state index in [9.17, 15) is 9.59 Å². The van der Waals surface area contributed by atoms with Crippen LogP contribution in [-0.4, -0.2) is 82.9 Å². The molecule has 0 spiro atoms. The molecule has 10 nitrogen and oxygen atoms in total. The molecule has 1 rings (SSSR count). The first-order valence-corrected chi connectivity index (χ1v) is 9.60. The van der Waals surface area contributed by atoms with E-state index in [1.165, 1.54) is 0 Å². The number of amides is 2. The first kappa shape index (κ1) is 24.3. The van der Waals surface area contributed by atoms with Crippen molar-refractivity contribution in [1.29, 1.82) is 0 Å². The quantitative estimate of drug-likeness (QED) is 0.266. The molecule has 1 aliphatic heterocycles. The molecule has 0 aromatic rings. The lowest BCUT2D eigenvalue weighted by Gasteiger charge is -2.31. The van der Waals surface area contributed by atoms with E-state index in [0.717, 1.165) is 18.5 Å². The van der Waals surface area contributed by atoms with Gasteiger partial charge in [-0.15, -0.1) is 0 Å². The van der Waals surface area contributed by atoms with Crippen molar-refractivity contribution < 1.29 is 23.9 Å². The Balaban J connectivity index is 2.57. The standard InChI is InChI=1S/C18H35N5O5/c1-6-23-10-15(7-8-28-23)22-18(25)21-14(3)13(2)17(20-5)26-11-16(9-19-4)27-12-24/h12,15-17,19-20H,6-11H2,1-5H3,(H2,21,22,25)/b14-13+/t15-,16?,17?/m0/s1. The van der Waals surface area contributed by atoms with E-state index in [4.69, 9.17) is 14.3 Å². The number of urea groups is 1. The molecule has 28 heavy (non-hydrogen) atoms. The van der Waals surface area contributed by atoms with Crippen molar-refractivity contribution in [1.82, 2.24) is 26.3 Å². The molecule has 0 aromatic carbocycles. The molecule has 10 heteroatoms. The Morgan fingerprint density at radius 3 is 2.71 bits per heavy atom. The lowest BCUT2D eigenvalue weighted by Crippen LogP contribution is -2.50. The summed E-state index contributed by atoms with van der Waals surface area (Å²) < 4.78 is 10.8. The van der Waals surface area contributed by atoms with Crippen LogP contribution in [0.25, 0.3) is 0 Å². The number of likely N-dealkylation sites (N-methyl/N-ethyl adjacent to an activating group) is 3. The molecule has 3 atom stereocenters. The predicted octanol–water partition coefficient (Wildman–Crippen LogP) is -0.0716. The van der Waals surface area contributed by atoms with Crippen LogP contribution in [0.2, 0.25) is 0 Å². The number of ether oxygens (including phenoxy) is 2. The van der Waals surface area contributed by atoms with Gasteiger partial charge in [-0.1, -0.05) is 6.92 Å². The highest BCUT2D eigenvalue weighted by Gasteiger charge is 2.22. The molecule has 2 amide bonds. The molecule has 2 unspecified atom stereocenters. The minimum atomic E-state index is -0.423. The maximum absolute atomic E-state index is 12.3. The summed E-state index contributed by atoms with van der Waals surface area (Å²) in [6.07, 6.45) is -0.0383. The number of hydroxylamine groups is 2. The second-order valence-corrected chi connectivity index (χ2v) is 6.62. The lowest BCUT2D eigenvalue weighted by atomic mass is 10.2. The van der Waals surface area contributed by atoms with Crippen LogP contribution >= 0.6 is 0 Å². The molecule has 1 saturated heterocycles. The van der Waals surface area contributed by atoms with E-state index in [-0.39, 0.29) is 18.7 Å². The van der Waals surface area contributed by atoms with Crippen molar-refractivity contribution in [2.24, 2.45) is 0 Å². The molecule has 4 N–H and O–H groups in total. The molecule has 1 heterocycles. The average molecular weight is 402 g/mol. The van der Waals surface area contributed by atoms with E-state index in [0.29, 0.717) is 31.9 Å². The summed E-state index contributed by atoms with van der Waals surface area (Å²) in [4.78, 5) is 28.4. The van der Waals surface area contributed by atoms with Crippen molar-refractivity contribution in [2.45, 2.75) is 45.6 Å². The third kappa shape index (κ3) is 8.53. The Morgan fingerprint density at radius 2 is 2.11 bits per heavy atom. The van der Waals surface area contributed by atoms with E-state index < -0.39 is 12.3 Å². The Kier molecular flexibility index (Phi) is 11.7. The molecule has 1 aliphatic rings. The molecule has 0 radical (unpaired) electrons. The fourth-order valence-electron chi connectivity index (χ4n) is 2.82. The van der Waals surface area contributed by atoms with Crippen LogP contribution in [0.4, 0.5) is 4.79 Å². The van der Waals surface area contributed by atoms with Gasteiger partial charge in [0.1, 0.15) is 12.3 Å². The van der Waals surface area contributed by atoms with Crippen LogP contribution < -0.4 is 21.3 Å². The first-order chi connectivity index (χ1) is 13.4. The van der Waals surface area contributed by atoms with E-state index in [2.05, 4.69) is 21.3 Å². The molecular formula is C18H35N5O5. The Morgan fingerprint density at radius 1 is 1.36 bits per heavy atom. The Bertz CT molecular complexity index is 517. The topological polar surface area (TPSA) is 113 Å². The summed E-state index contributed by atoms with van der Waals surface area (Å²) in [6, 6.07) is -0.215. The number of nitrogens with one attached hydrogen (secondary N) is 4. The van der Waals surface area contributed by atoms with Crippen LogP contribution in [0.3, 0.4) is 0 Å². The van der Waals surface area contributed by atoms with Gasteiger partial charge in [0.05, 0.1) is 13.2 Å². The van der Waals surface area contributed by atoms with E-state index in [1.54, 1.807) is 14.1 Å². The van der Waals surface area contributed by atoms with Crippen LogP contribution in [0.5, 0.6) is 0 Å². The van der Waals surface area contributed by atoms with Crippen LogP contribution in [-0.2, 0) is 19.1 Å². The van der Waals surface area contributed by atoms with Crippen LogP contribution in [0, 0.1) is 0 Å². The number of carbonyl (C=O) groups is 2. The second-order valence-electron chi connectivity index (χ2n) is 6.62. The summed E-state index contributed by atoms with van der Waals surface area (Å²) in [5, 5.41) is 13.7. The first-order valence-electron chi connectivity index (χ1n) is 9.60. The number of nitrogens with zero attached hydrogens (tertiary/aromatic N) is 1. The maximum atomic E-state index is 12.3. The average Bonchev–Trinajstić information content (AvgIpc) is 2.68. The van der Waals surface area contributed by atoms with Gasteiger partial charge in [0.25, 0.3) is 6.47 Å². The Hall–Kier alpha value is -1.72. The highest BCUT2D eigenvalue weighted by atomic mass is 16.7. The van der Waals surface area contributed by atoms with Gasteiger partial charge in [-0.2, -0.15) is 5.06 Å². The van der Waals surface area contributed by atoms with Crippen molar-refractivity contribution in [2.75, 3.05) is 46.9 Å². The SMILES string of the molecule is CCN1C[C@@H](NC(=O)N/C(C)=C(\C)C(NC)OCC(CNC)OC=O)CCO1. The molecule has 0 bridgehead atoms. The third-order valence-corrected chi connectivity index (χ3v) is 4.53. The zero-order valence-electron chi connectivity index (χ0n) is 17.5. The highest BCUT2D eigenvalue weighted by Crippen LogP contribution is 2.10. The number of hydrogen-bond donors (Lipinski definition) is 4. The second kappa shape index (κ2) is 13.5. The summed E-state index contributed by atoms with van der Waals surface area (Å²) in [6.45, 7) is 8.86. The Labute approximate surface area is 167 Å². The summed E-state index contributed by atoms with van der Waals surface area (Å²) in [5.41, 5.74) is 1.52. The van der Waals surface area contributed by atoms with Crippen molar-refractivity contribution in [3.05, 3.63) is 11.3 Å². The van der Waals surface area contributed by atoms with Crippen molar-refractivity contribution in [3.63, 3.8) is 0 Å². The summed E-state index contributed by atoms with van der Waals surface area (Å²) >= 11 is 0. The fourth-order valence-corrected chi connectivity index (χ4v) is 2.82. The number of hydrogen-bond acceptors (Lipinski definition) is 8. The van der Waals surface area contributed by atoms with Gasteiger partial charge in [-0.3, -0.25) is 14.9 Å². The van der Waals surface area contributed by atoms with Crippen LogP contribution in [0.15, 0.2) is 11.3 Å². The predicted molar refractivity (Wildman–Crippen MR) is 105 cm³/mol. The third-order valence-electron chi connectivity index (χ3n) is 4.53. The fraction of sp³-hybridized carbons (Fsp3) is 0.778. The van der Waals surface area contributed by atoms with Gasteiger partial charge in [0.15, 0.2) is 0 Å². The van der Waals surface area contributed by atoms with Gasteiger partial charge in [0.2, 0.25) is 0 Å². The van der Waals surface area contributed by atoms with Gasteiger partial charge in [-0.05, 0) is 39.9 Å². The smallest absolute Gasteiger partial charge is 0.319 e. The zero-order chi connectivity index (χ0) is 20.9. The number of rotatable bonds is 12. The molecular weight excluding hydrogens is 366 g/mol. The summed E-state index contributed by atoms with van der Waals surface area (Å²) in [7, 11) is 3.53. The number of allylic oxidation sites excluding steroid dienone is 1. The van der Waals surface area contributed by atoms with Crippen molar-refractivity contribution in [3.8, 4) is 0 Å². The maximum Gasteiger partial charge on any atom is 0.319 e. The minimum Gasteiger partial charge on any atom is -0.461 e. The van der Waals surface area contributed by atoms with Gasteiger partial charge < -0.3 is 25.4 Å². The number of carbonyl (C=O) groups excluding carboxylic acids is 2. The molecule has 0 aliphatic carbocycles. The molecule has 162 valence electrons. The van der Waals surface area contributed by atoms with Gasteiger partial charge in [0, 0.05) is 31.4 Å². The summed E-state index contributed by atoms with van der Waals surface area (Å²) in [5.74, 6) is 0. The molecule has 0 saturated carbocycles. The monoisotopic (exact) mass is 401 g/mol. The zero-order valence-corrected chi connectivity index (χ0v) is 17.5. The van der Waals surface area contributed by atoms with Crippen molar-refractivity contribution >= 4 is 12.5 Å². The van der Waals surface area contributed by atoms with Gasteiger partial charge in [-0.25, -0.2) is 4.79 Å². The normalized spacial score (nSPS) is 20.7. The van der Waals surface area contributed by atoms with Crippen LogP contribution in [0.1, 0.15) is 27.2 Å². The minimum absolute atomic E-state index is 0.0425. The largest absolute Gasteiger partial charge is 0.461 e. The molecule has 1 fully saturated rings. The lowest BCUT2D eigenvalue weighted by molar-refractivity contribution is -0.183. The highest BCUT2D eigenvalue weighted by molar-refractivity contribution is 5.76. The van der Waals surface area contributed by atoms with E-state index >= 15 is 0 Å².